The molecular formula is C16H19ClF3N3O2. The monoisotopic (exact) mass is 377 g/mol. The molecule has 2 aromatic rings. The van der Waals surface area contributed by atoms with Crippen molar-refractivity contribution in [2.24, 2.45) is 5.73 Å². The van der Waals surface area contributed by atoms with E-state index in [2.05, 4.69) is 10.1 Å². The van der Waals surface area contributed by atoms with Crippen LogP contribution in [0.1, 0.15) is 56.0 Å². The molecule has 0 radical (unpaired) electrons. The predicted molar refractivity (Wildman–Crippen MR) is 86.4 cm³/mol. The van der Waals surface area contributed by atoms with Crippen molar-refractivity contribution in [2.75, 3.05) is 0 Å². The average Bonchev–Trinajstić information content (AvgIpc) is 3.16. The first-order chi connectivity index (χ1) is 11.3. The lowest BCUT2D eigenvalue weighted by atomic mass is 9.99. The summed E-state index contributed by atoms with van der Waals surface area (Å²) in [6.07, 6.45) is -1.81. The van der Waals surface area contributed by atoms with E-state index in [1.165, 1.54) is 18.2 Å². The van der Waals surface area contributed by atoms with Gasteiger partial charge in [-0.1, -0.05) is 30.1 Å². The van der Waals surface area contributed by atoms with Gasteiger partial charge in [0.25, 0.3) is 5.89 Å². The Kier molecular flexibility index (Phi) is 5.63. The van der Waals surface area contributed by atoms with Crippen LogP contribution in [-0.2, 0) is 11.7 Å². The van der Waals surface area contributed by atoms with Crippen molar-refractivity contribution < 1.29 is 22.4 Å². The molecule has 1 saturated carbocycles. The summed E-state index contributed by atoms with van der Waals surface area (Å²) in [5.41, 5.74) is 4.79. The molecule has 1 aromatic heterocycles. The number of benzene rings is 1. The number of nitrogens with two attached hydrogens (primary N) is 1. The number of nitrogens with zero attached hydrogens (tertiary/aromatic N) is 2. The van der Waals surface area contributed by atoms with E-state index in [0.717, 1.165) is 31.7 Å². The normalized spacial score (nSPS) is 17.8. The van der Waals surface area contributed by atoms with Crippen LogP contribution in [0.2, 0.25) is 0 Å². The second-order valence-electron chi connectivity index (χ2n) is 6.07. The lowest BCUT2D eigenvalue weighted by Crippen LogP contribution is -2.34. The van der Waals surface area contributed by atoms with Crippen molar-refractivity contribution >= 4 is 12.4 Å². The minimum Gasteiger partial charge on any atom is -0.480 e. The van der Waals surface area contributed by atoms with E-state index < -0.39 is 23.4 Å². The molecule has 0 bridgehead atoms. The van der Waals surface area contributed by atoms with E-state index in [-0.39, 0.29) is 24.0 Å². The topological polar surface area (TPSA) is 74.2 Å². The molecule has 9 heteroatoms. The quantitative estimate of drug-likeness (QED) is 0.855. The summed E-state index contributed by atoms with van der Waals surface area (Å²) in [6.45, 7) is 1.56. The highest BCUT2D eigenvalue weighted by Gasteiger charge is 2.37. The maximum atomic E-state index is 13.0. The molecule has 5 nitrogen and oxygen atoms in total. The molecule has 1 aliphatic carbocycles. The van der Waals surface area contributed by atoms with Crippen molar-refractivity contribution in [3.8, 4) is 5.75 Å². The van der Waals surface area contributed by atoms with Gasteiger partial charge in [0.1, 0.15) is 5.75 Å². The molecule has 0 saturated heterocycles. The summed E-state index contributed by atoms with van der Waals surface area (Å²) in [5.74, 6) is 0.217. The number of hydrogen-bond acceptors (Lipinski definition) is 5. The van der Waals surface area contributed by atoms with Crippen LogP contribution in [0.4, 0.5) is 13.2 Å². The number of alkyl halides is 3. The minimum absolute atomic E-state index is 0. The van der Waals surface area contributed by atoms with Gasteiger partial charge in [-0.05, 0) is 31.9 Å². The van der Waals surface area contributed by atoms with Gasteiger partial charge < -0.3 is 15.0 Å². The highest BCUT2D eigenvalue weighted by atomic mass is 35.5. The van der Waals surface area contributed by atoms with E-state index in [4.69, 9.17) is 15.0 Å². The second kappa shape index (κ2) is 7.21. The van der Waals surface area contributed by atoms with Gasteiger partial charge in [0.15, 0.2) is 11.9 Å². The number of hydrogen-bond donors (Lipinski definition) is 1. The third-order valence-electron chi connectivity index (χ3n) is 4.23. The van der Waals surface area contributed by atoms with E-state index in [9.17, 15) is 13.2 Å². The summed E-state index contributed by atoms with van der Waals surface area (Å²) in [4.78, 5) is 4.24. The first kappa shape index (κ1) is 19.5. The minimum atomic E-state index is -4.50. The van der Waals surface area contributed by atoms with Crippen LogP contribution < -0.4 is 10.5 Å². The van der Waals surface area contributed by atoms with Gasteiger partial charge in [0.05, 0.1) is 11.1 Å². The lowest BCUT2D eigenvalue weighted by Gasteiger charge is -2.18. The number of rotatable bonds is 4. The Morgan fingerprint density at radius 1 is 1.24 bits per heavy atom. The Hall–Kier alpha value is -1.80. The van der Waals surface area contributed by atoms with E-state index in [1.54, 1.807) is 6.92 Å². The van der Waals surface area contributed by atoms with Gasteiger partial charge in [-0.3, -0.25) is 0 Å². The Morgan fingerprint density at radius 3 is 2.52 bits per heavy atom. The first-order valence-electron chi connectivity index (χ1n) is 7.75. The molecule has 138 valence electrons. The number of aromatic nitrogens is 2. The molecule has 0 amide bonds. The zero-order valence-electron chi connectivity index (χ0n) is 13.5. The van der Waals surface area contributed by atoms with Gasteiger partial charge in [0.2, 0.25) is 0 Å². The first-order valence-corrected chi connectivity index (χ1v) is 7.75. The Labute approximate surface area is 149 Å². The standard InChI is InChI=1S/C16H18F3N3O2.ClH/c1-10(23-12-7-3-2-6-11(12)16(17,18)19)13-21-14(22-24-13)15(20)8-4-5-9-15;/h2-3,6-7,10H,4-5,8-9,20H2,1H3;1H. The van der Waals surface area contributed by atoms with Crippen molar-refractivity contribution in [3.05, 3.63) is 41.5 Å². The average molecular weight is 378 g/mol. The SMILES string of the molecule is CC(Oc1ccccc1C(F)(F)F)c1nc(C2(N)CCCC2)no1.Cl. The maximum Gasteiger partial charge on any atom is 0.419 e. The highest BCUT2D eigenvalue weighted by Crippen LogP contribution is 2.38. The molecule has 0 spiro atoms. The summed E-state index contributed by atoms with van der Waals surface area (Å²) < 4.78 is 49.6. The van der Waals surface area contributed by atoms with Crippen molar-refractivity contribution in [1.29, 1.82) is 0 Å². The molecule has 1 atom stereocenters. The Bertz CT molecular complexity index is 715. The van der Waals surface area contributed by atoms with Crippen LogP contribution >= 0.6 is 12.4 Å². The van der Waals surface area contributed by atoms with Gasteiger partial charge in [-0.2, -0.15) is 18.2 Å². The van der Waals surface area contributed by atoms with Crippen LogP contribution in [0.15, 0.2) is 28.8 Å². The molecule has 1 unspecified atom stereocenters. The largest absolute Gasteiger partial charge is 0.480 e. The highest BCUT2D eigenvalue weighted by molar-refractivity contribution is 5.85. The van der Waals surface area contributed by atoms with E-state index in [1.807, 2.05) is 0 Å². The van der Waals surface area contributed by atoms with Gasteiger partial charge in [-0.15, -0.1) is 12.4 Å². The summed E-state index contributed by atoms with van der Waals surface area (Å²) in [5, 5.41) is 3.89. The molecular weight excluding hydrogens is 359 g/mol. The fourth-order valence-corrected chi connectivity index (χ4v) is 2.88. The van der Waals surface area contributed by atoms with E-state index >= 15 is 0 Å². The molecule has 3 rings (SSSR count). The van der Waals surface area contributed by atoms with Gasteiger partial charge in [0, 0.05) is 0 Å². The van der Waals surface area contributed by atoms with E-state index in [0.29, 0.717) is 5.82 Å². The number of para-hydroxylation sites is 1. The van der Waals surface area contributed by atoms with Crippen LogP contribution in [-0.4, -0.2) is 10.1 Å². The predicted octanol–water partition coefficient (Wildman–Crippen LogP) is 4.38. The molecule has 0 aliphatic heterocycles. The third kappa shape index (κ3) is 4.07. The Morgan fingerprint density at radius 2 is 1.88 bits per heavy atom. The number of ether oxygens (including phenoxy) is 1. The van der Waals surface area contributed by atoms with Crippen LogP contribution in [0, 0.1) is 0 Å². The summed E-state index contributed by atoms with van der Waals surface area (Å²) in [7, 11) is 0. The molecule has 25 heavy (non-hydrogen) atoms. The molecule has 1 aromatic carbocycles. The summed E-state index contributed by atoms with van der Waals surface area (Å²) >= 11 is 0. The molecule has 1 fully saturated rings. The van der Waals surface area contributed by atoms with Crippen LogP contribution in [0.3, 0.4) is 0 Å². The van der Waals surface area contributed by atoms with Crippen molar-refractivity contribution in [2.45, 2.75) is 50.4 Å². The van der Waals surface area contributed by atoms with Gasteiger partial charge in [-0.25, -0.2) is 0 Å². The van der Waals surface area contributed by atoms with Crippen LogP contribution in [0.25, 0.3) is 0 Å². The third-order valence-corrected chi connectivity index (χ3v) is 4.23. The maximum absolute atomic E-state index is 13.0. The van der Waals surface area contributed by atoms with Crippen molar-refractivity contribution in [1.82, 2.24) is 10.1 Å². The molecule has 1 heterocycles. The zero-order valence-corrected chi connectivity index (χ0v) is 14.4. The number of halogens is 4. The second-order valence-corrected chi connectivity index (χ2v) is 6.07. The van der Waals surface area contributed by atoms with Crippen molar-refractivity contribution in [3.63, 3.8) is 0 Å². The lowest BCUT2D eigenvalue weighted by molar-refractivity contribution is -0.139. The molecule has 1 aliphatic rings. The summed E-state index contributed by atoms with van der Waals surface area (Å²) in [6, 6.07) is 5.01. The smallest absolute Gasteiger partial charge is 0.419 e. The van der Waals surface area contributed by atoms with Gasteiger partial charge >= 0.3 is 6.18 Å². The Balaban J connectivity index is 0.00000225. The fourth-order valence-electron chi connectivity index (χ4n) is 2.88. The fraction of sp³-hybridized carbons (Fsp3) is 0.500. The molecule has 2 N–H and O–H groups in total. The zero-order chi connectivity index (χ0) is 17.4. The van der Waals surface area contributed by atoms with Crippen LogP contribution in [0.5, 0.6) is 5.75 Å².